The van der Waals surface area contributed by atoms with Gasteiger partial charge in [0.25, 0.3) is 0 Å². The van der Waals surface area contributed by atoms with Gasteiger partial charge >= 0.3 is 5.97 Å². The molecule has 0 bridgehead atoms. The molecule has 0 atom stereocenters. The van der Waals surface area contributed by atoms with Crippen molar-refractivity contribution in [1.82, 2.24) is 5.32 Å². The fourth-order valence-corrected chi connectivity index (χ4v) is 2.52. The lowest BCUT2D eigenvalue weighted by atomic mass is 9.99. The first-order valence-electron chi connectivity index (χ1n) is 9.03. The SMILES string of the molecule is CC(C)(C)OC(=O)COCCNC(c1ccccc1)c1ccccc1.CS. The van der Waals surface area contributed by atoms with Gasteiger partial charge in [0.15, 0.2) is 0 Å². The highest BCUT2D eigenvalue weighted by Crippen LogP contribution is 2.21. The third-order valence-corrected chi connectivity index (χ3v) is 3.50. The van der Waals surface area contributed by atoms with Crippen molar-refractivity contribution in [1.29, 1.82) is 0 Å². The van der Waals surface area contributed by atoms with Crippen LogP contribution in [0.4, 0.5) is 0 Å². The summed E-state index contributed by atoms with van der Waals surface area (Å²) in [5.41, 5.74) is 1.91. The molecule has 0 saturated carbocycles. The van der Waals surface area contributed by atoms with Gasteiger partial charge in [-0.15, -0.1) is 0 Å². The zero-order valence-corrected chi connectivity index (χ0v) is 17.5. The van der Waals surface area contributed by atoms with Crippen molar-refractivity contribution < 1.29 is 14.3 Å². The molecule has 1 N–H and O–H groups in total. The van der Waals surface area contributed by atoms with Crippen molar-refractivity contribution >= 4 is 18.6 Å². The quantitative estimate of drug-likeness (QED) is 0.402. The smallest absolute Gasteiger partial charge is 0.332 e. The number of esters is 1. The molecule has 5 heteroatoms. The first-order chi connectivity index (χ1) is 13.0. The van der Waals surface area contributed by atoms with Crippen LogP contribution in [0.1, 0.15) is 37.9 Å². The van der Waals surface area contributed by atoms with Gasteiger partial charge in [0, 0.05) is 6.54 Å². The second kappa shape index (κ2) is 12.5. The largest absolute Gasteiger partial charge is 0.458 e. The lowest BCUT2D eigenvalue weighted by molar-refractivity contribution is -0.160. The Labute approximate surface area is 168 Å². The van der Waals surface area contributed by atoms with Gasteiger partial charge < -0.3 is 14.8 Å². The molecule has 0 aliphatic heterocycles. The number of ether oxygens (including phenoxy) is 2. The number of thiol groups is 1. The predicted octanol–water partition coefficient (Wildman–Crippen LogP) is 4.27. The van der Waals surface area contributed by atoms with Crippen LogP contribution < -0.4 is 5.32 Å². The zero-order valence-electron chi connectivity index (χ0n) is 16.6. The van der Waals surface area contributed by atoms with Crippen LogP contribution in [0.15, 0.2) is 60.7 Å². The number of rotatable bonds is 8. The molecule has 148 valence electrons. The Bertz CT molecular complexity index is 602. The standard InChI is InChI=1S/C21H27NO3.CH4S/c1-21(2,3)25-19(23)16-24-15-14-22-20(17-10-6-4-7-11-17)18-12-8-5-9-13-18;1-2/h4-13,20,22H,14-16H2,1-3H3;2H,1H3. The predicted molar refractivity (Wildman–Crippen MR) is 114 cm³/mol. The molecule has 27 heavy (non-hydrogen) atoms. The minimum atomic E-state index is -0.482. The van der Waals surface area contributed by atoms with E-state index in [9.17, 15) is 4.79 Å². The maximum atomic E-state index is 11.6. The Morgan fingerprint density at radius 1 is 0.963 bits per heavy atom. The maximum absolute atomic E-state index is 11.6. The van der Waals surface area contributed by atoms with Crippen molar-refractivity contribution in [3.05, 3.63) is 71.8 Å². The summed E-state index contributed by atoms with van der Waals surface area (Å²) in [6.07, 6.45) is 1.69. The van der Waals surface area contributed by atoms with Crippen molar-refractivity contribution in [3.8, 4) is 0 Å². The van der Waals surface area contributed by atoms with Crippen LogP contribution >= 0.6 is 12.6 Å². The molecule has 4 nitrogen and oxygen atoms in total. The Balaban J connectivity index is 0.00000176. The van der Waals surface area contributed by atoms with Gasteiger partial charge in [0.1, 0.15) is 12.2 Å². The highest BCUT2D eigenvalue weighted by atomic mass is 32.1. The summed E-state index contributed by atoms with van der Waals surface area (Å²) in [6, 6.07) is 20.7. The van der Waals surface area contributed by atoms with Crippen LogP contribution in [0.2, 0.25) is 0 Å². The van der Waals surface area contributed by atoms with E-state index in [4.69, 9.17) is 9.47 Å². The summed E-state index contributed by atoms with van der Waals surface area (Å²) in [6.45, 7) is 6.58. The molecule has 2 aromatic rings. The second-order valence-corrected chi connectivity index (χ2v) is 6.85. The van der Waals surface area contributed by atoms with E-state index in [0.29, 0.717) is 13.2 Å². The normalized spacial score (nSPS) is 10.9. The molecule has 0 fully saturated rings. The van der Waals surface area contributed by atoms with Crippen molar-refractivity contribution in [2.45, 2.75) is 32.4 Å². The first-order valence-corrected chi connectivity index (χ1v) is 9.93. The van der Waals surface area contributed by atoms with E-state index in [1.807, 2.05) is 57.2 Å². The van der Waals surface area contributed by atoms with Crippen molar-refractivity contribution in [2.24, 2.45) is 0 Å². The lowest BCUT2D eigenvalue weighted by Crippen LogP contribution is -2.29. The Morgan fingerprint density at radius 3 is 1.89 bits per heavy atom. The summed E-state index contributed by atoms with van der Waals surface area (Å²) in [5, 5.41) is 3.50. The van der Waals surface area contributed by atoms with Crippen molar-refractivity contribution in [2.75, 3.05) is 26.0 Å². The van der Waals surface area contributed by atoms with Crippen LogP contribution in [-0.4, -0.2) is 37.6 Å². The minimum Gasteiger partial charge on any atom is -0.458 e. The third-order valence-electron chi connectivity index (χ3n) is 3.50. The summed E-state index contributed by atoms with van der Waals surface area (Å²) < 4.78 is 10.6. The number of benzene rings is 2. The average molecular weight is 390 g/mol. The van der Waals surface area contributed by atoms with Gasteiger partial charge in [-0.05, 0) is 38.2 Å². The van der Waals surface area contributed by atoms with E-state index in [-0.39, 0.29) is 18.6 Å². The van der Waals surface area contributed by atoms with Crippen molar-refractivity contribution in [3.63, 3.8) is 0 Å². The molecule has 2 rings (SSSR count). The minimum absolute atomic E-state index is 0.0275. The number of carbonyl (C=O) groups is 1. The Hall–Kier alpha value is -1.82. The summed E-state index contributed by atoms with van der Waals surface area (Å²) in [7, 11) is 0. The van der Waals surface area contributed by atoms with Gasteiger partial charge in [-0.2, -0.15) is 12.6 Å². The molecule has 0 aromatic heterocycles. The maximum Gasteiger partial charge on any atom is 0.332 e. The topological polar surface area (TPSA) is 47.6 Å². The highest BCUT2D eigenvalue weighted by molar-refractivity contribution is 7.79. The van der Waals surface area contributed by atoms with Crippen LogP contribution in [0, 0.1) is 0 Å². The lowest BCUT2D eigenvalue weighted by Gasteiger charge is -2.21. The highest BCUT2D eigenvalue weighted by Gasteiger charge is 2.16. The molecule has 0 aliphatic carbocycles. The molecular formula is C22H31NO3S. The molecule has 2 aromatic carbocycles. The zero-order chi connectivity index (χ0) is 20.1. The number of carbonyl (C=O) groups excluding carboxylic acids is 1. The van der Waals surface area contributed by atoms with Gasteiger partial charge in [-0.25, -0.2) is 4.79 Å². The van der Waals surface area contributed by atoms with E-state index in [1.165, 1.54) is 11.1 Å². The van der Waals surface area contributed by atoms with Gasteiger partial charge in [0.2, 0.25) is 0 Å². The fraction of sp³-hybridized carbons (Fsp3) is 0.409. The fourth-order valence-electron chi connectivity index (χ4n) is 2.52. The van der Waals surface area contributed by atoms with Crippen LogP contribution in [0.3, 0.4) is 0 Å². The van der Waals surface area contributed by atoms with Crippen LogP contribution in [0.5, 0.6) is 0 Å². The summed E-state index contributed by atoms with van der Waals surface area (Å²) in [5.74, 6) is -0.338. The molecule has 0 aliphatic rings. The van der Waals surface area contributed by atoms with Gasteiger partial charge in [-0.1, -0.05) is 60.7 Å². The molecule has 0 radical (unpaired) electrons. The monoisotopic (exact) mass is 389 g/mol. The molecule has 0 unspecified atom stereocenters. The summed E-state index contributed by atoms with van der Waals surface area (Å²) in [4.78, 5) is 11.6. The Morgan fingerprint density at radius 2 is 1.44 bits per heavy atom. The molecule has 0 spiro atoms. The number of nitrogens with one attached hydrogen (secondary N) is 1. The van der Waals surface area contributed by atoms with E-state index in [1.54, 1.807) is 6.26 Å². The number of hydrogen-bond acceptors (Lipinski definition) is 5. The van der Waals surface area contributed by atoms with Gasteiger partial charge in [-0.3, -0.25) is 0 Å². The second-order valence-electron chi connectivity index (χ2n) is 6.85. The van der Waals surface area contributed by atoms with E-state index >= 15 is 0 Å². The van der Waals surface area contributed by atoms with Crippen LogP contribution in [0.25, 0.3) is 0 Å². The number of hydrogen-bond donors (Lipinski definition) is 2. The first kappa shape index (κ1) is 23.2. The molecular weight excluding hydrogens is 358 g/mol. The third kappa shape index (κ3) is 9.61. The van der Waals surface area contributed by atoms with E-state index in [0.717, 1.165) is 0 Å². The molecule has 0 heterocycles. The summed E-state index contributed by atoms with van der Waals surface area (Å²) >= 11 is 3.53. The van der Waals surface area contributed by atoms with Gasteiger partial charge in [0.05, 0.1) is 12.6 Å². The van der Waals surface area contributed by atoms with Crippen LogP contribution in [-0.2, 0) is 14.3 Å². The van der Waals surface area contributed by atoms with E-state index in [2.05, 4.69) is 42.2 Å². The average Bonchev–Trinajstić information content (AvgIpc) is 2.66. The van der Waals surface area contributed by atoms with E-state index < -0.39 is 5.60 Å². The Kier molecular flexibility index (Phi) is 10.8. The molecule has 0 saturated heterocycles. The molecule has 0 amide bonds.